The Bertz CT molecular complexity index is 5830. The van der Waals surface area contributed by atoms with Crippen molar-refractivity contribution in [2.75, 3.05) is 143 Å². The molecule has 42 N–H and O–H groups in total. The molecule has 9 aromatic rings. The number of thiophene rings is 9. The number of nitrogens with two attached hydrogens (primary N) is 18. The van der Waals surface area contributed by atoms with E-state index in [9.17, 15) is 0 Å². The van der Waals surface area contributed by atoms with Gasteiger partial charge in [0.1, 0.15) is 0 Å². The van der Waals surface area contributed by atoms with E-state index in [1.165, 1.54) is 97.6 Å². The van der Waals surface area contributed by atoms with E-state index < -0.39 is 0 Å². The molecule has 147 heavy (non-hydrogen) atoms. The number of aliphatic imine (C=N–C) groups is 14. The van der Waals surface area contributed by atoms with Crippen LogP contribution in [0.5, 0.6) is 0 Å². The molecule has 9 rings (SSSR count). The maximum atomic E-state index is 7.84. The van der Waals surface area contributed by atoms with Crippen LogP contribution in [0.4, 0.5) is 0 Å². The molecule has 0 unspecified atom stereocenters. The van der Waals surface area contributed by atoms with Crippen molar-refractivity contribution >= 4 is 209 Å². The fraction of sp³-hybridized carbons (Fsp3) is 0.419. The summed E-state index contributed by atoms with van der Waals surface area (Å²) in [5.41, 5.74) is 97.2. The van der Waals surface area contributed by atoms with Crippen molar-refractivity contribution in [3.63, 3.8) is 0 Å². The van der Waals surface area contributed by atoms with E-state index in [0.29, 0.717) is 56.0 Å². The zero-order chi connectivity index (χ0) is 111. The van der Waals surface area contributed by atoms with Gasteiger partial charge in [0, 0.05) is 257 Å². The Hall–Kier alpha value is -14.0. The number of hydrogen-bond acceptors (Lipinski definition) is 21. The van der Waals surface area contributed by atoms with Crippen molar-refractivity contribution in [2.24, 2.45) is 173 Å². The van der Waals surface area contributed by atoms with Gasteiger partial charge in [0.15, 0.2) is 71.5 Å². The van der Waals surface area contributed by atoms with E-state index in [1.807, 2.05) is 42.3 Å². The molecule has 0 fully saturated rings. The predicted molar refractivity (Wildman–Crippen MR) is 639 cm³/mol. The summed E-state index contributed by atoms with van der Waals surface area (Å²) in [5.74, 6) is 3.18. The first-order valence-electron chi connectivity index (χ1n) is 45.7. The first-order valence-corrected chi connectivity index (χ1v) is 53.1. The highest BCUT2D eigenvalue weighted by atomic mass is 32.1. The van der Waals surface area contributed by atoms with Crippen LogP contribution in [0.1, 0.15) is 87.8 Å². The minimum absolute atomic E-state index is 0.0140. The molecule has 0 aliphatic heterocycles. The molecule has 0 bridgehead atoms. The Morgan fingerprint density at radius 1 is 0.279 bits per heavy atom. The minimum atomic E-state index is -0.117. The van der Waals surface area contributed by atoms with Crippen molar-refractivity contribution in [1.29, 1.82) is 21.6 Å². The molecule has 54 heteroatoms. The number of rotatable bonds is 27. The Kier molecular flexibility index (Phi) is 65.1. The van der Waals surface area contributed by atoms with Crippen LogP contribution in [-0.2, 0) is 57.8 Å². The molecule has 0 aliphatic rings. The van der Waals surface area contributed by atoms with E-state index >= 15 is 0 Å². The van der Waals surface area contributed by atoms with E-state index in [4.69, 9.17) is 125 Å². The lowest BCUT2D eigenvalue weighted by Crippen LogP contribution is -2.46. The molecule has 0 amide bonds. The van der Waals surface area contributed by atoms with Gasteiger partial charge < -0.3 is 133 Å². The normalized spacial score (nSPS) is 11.6. The third-order valence-corrected chi connectivity index (χ3v) is 28.5. The van der Waals surface area contributed by atoms with E-state index in [0.717, 1.165) is 90.5 Å². The summed E-state index contributed by atoms with van der Waals surface area (Å²) in [4.78, 5) is 90.3. The van der Waals surface area contributed by atoms with Gasteiger partial charge in [-0.25, -0.2) is 0 Å². The Morgan fingerprint density at radius 2 is 0.585 bits per heavy atom. The van der Waals surface area contributed by atoms with Crippen molar-refractivity contribution < 1.29 is 0 Å². The molecule has 9 aromatic heterocycles. The molecular weight excluding hydrogens is 2040 g/mol. The van der Waals surface area contributed by atoms with Crippen molar-refractivity contribution in [2.45, 2.75) is 120 Å². The number of hydrogen-bond donors (Lipinski definition) is 24. The first kappa shape index (κ1) is 131. The van der Waals surface area contributed by atoms with Crippen LogP contribution in [0.15, 0.2) is 179 Å². The van der Waals surface area contributed by atoms with Gasteiger partial charge in [-0.15, -0.1) is 102 Å². The molecule has 0 atom stereocenters. The maximum absolute atomic E-state index is 7.84. The van der Waals surface area contributed by atoms with Crippen LogP contribution in [0.2, 0.25) is 0 Å². The summed E-state index contributed by atoms with van der Waals surface area (Å²) in [5, 5.41) is 35.6. The Labute approximate surface area is 902 Å². The summed E-state index contributed by atoms with van der Waals surface area (Å²) in [6.07, 6.45) is 8.17. The van der Waals surface area contributed by atoms with Crippen LogP contribution in [-0.4, -0.2) is 285 Å². The van der Waals surface area contributed by atoms with Crippen molar-refractivity contribution in [3.05, 3.63) is 197 Å². The number of nitrogens with zero attached hydrogens (tertiary/aromatic N) is 21. The SMILES string of the molecule is CN=C(N)N=C(N)N(C)CCc1ccc(C)s1.CN=C(N)NC(N)=NCCc1ccc(C)s1.CN=C(N=C(N)N)N(C)CCc1ccc(C)s1.CN=C(N=C(N)N)NCCc1ccc(C)s1.Cc1ccc(CCN(C)C(=N)N(C)C(=N)N)s1.Cc1ccc(CCN(C)C(=N)N=C(N)N)s1.Cc1ccc(CCN=C(N)N(C)C(=N)N)s1.Cc1ccc(CCN=C(N)N=C(N)N(C)C)s1.Cc1ccc(CCN=C(N)N=C(N)N)s1. The van der Waals surface area contributed by atoms with Crippen LogP contribution in [0.25, 0.3) is 0 Å². The molecule has 0 saturated carbocycles. The molecule has 9 heterocycles. The van der Waals surface area contributed by atoms with E-state index in [1.54, 1.807) is 169 Å². The fourth-order valence-corrected chi connectivity index (χ4v) is 18.9. The second-order valence-electron chi connectivity index (χ2n) is 31.9. The third-order valence-electron chi connectivity index (χ3n) is 19.0. The Morgan fingerprint density at radius 3 is 0.891 bits per heavy atom. The molecule has 0 radical (unpaired) electrons. The number of likely N-dealkylation sites (N-methyl/N-ethyl adjacent to an activating group) is 4. The van der Waals surface area contributed by atoms with Gasteiger partial charge in [0.25, 0.3) is 0 Å². The van der Waals surface area contributed by atoms with Crippen LogP contribution in [0, 0.1) is 84.0 Å². The van der Waals surface area contributed by atoms with Crippen LogP contribution >= 0.6 is 102 Å². The lowest BCUT2D eigenvalue weighted by molar-refractivity contribution is 0.450. The third kappa shape index (κ3) is 62.4. The van der Waals surface area contributed by atoms with Gasteiger partial charge in [0.2, 0.25) is 35.8 Å². The second kappa shape index (κ2) is 73.1. The highest BCUT2D eigenvalue weighted by Crippen LogP contribution is 2.23. The topological polar surface area (TPSA) is 784 Å². The highest BCUT2D eigenvalue weighted by molar-refractivity contribution is 7.14. The predicted octanol–water partition coefficient (Wildman–Crippen LogP) is 6.22. The number of guanidine groups is 18. The molecule has 810 valence electrons. The molecule has 0 saturated heterocycles. The van der Waals surface area contributed by atoms with Gasteiger partial charge in [-0.2, -0.15) is 30.0 Å². The quantitative estimate of drug-likeness (QED) is 0.0200. The first-order chi connectivity index (χ1) is 69.2. The Balaban J connectivity index is 0.000000827. The van der Waals surface area contributed by atoms with Crippen LogP contribution in [0.3, 0.4) is 0 Å². The van der Waals surface area contributed by atoms with Gasteiger partial charge in [-0.3, -0.25) is 76.7 Å². The second-order valence-corrected chi connectivity index (χ2v) is 44.2. The average Bonchev–Trinajstić information content (AvgIpc) is 1.86. The fourth-order valence-electron chi connectivity index (χ4n) is 11.0. The number of nitrogens with one attached hydrogen (secondary N) is 6. The van der Waals surface area contributed by atoms with Gasteiger partial charge in [-0.05, 0) is 204 Å². The standard InChI is InChI=1S/4C11H19N5S.4C10H17N5S.C9H15N5S/c1-8-4-5-9(17-8)6-7-14-10(12)15-11(13)16(2)3;1-8-4-5-9(17-8)6-7-16(3)11(13)15-10(12)14-2;1-8-4-5-9(17-8)6-7-15(2)11(14)16(3)10(12)13;1-8-4-5-9(17-8)6-7-16(3)11(14-2)15-10(12)13;1-7-3-4-8(16-7)5-6-14-10(12)15-9(11)13-2;1-7-3-4-8(16-7)5-6-15(2)10(13)14-9(11)12;1-7-3-4-8(16-7)5-6-14-10(13)15(2)9(11)12;1-7-3-4-8(16-7)5-6-14-10(13-2)15-9(11)12;1-6-2-3-7(15-6)4-5-13-9(12)14-8(10)11/h2*4-5H,6-7H2,1-3H3,(H4,12,13,14,15);4-5,14H,6-7H2,1-3H3,(H3,12,13);4-5H,6-7H2,1-3H3,(H4,12,13,14,15);3-4H,5-6H2,1-2H3,(H5,11,12,13,14,15);3-4H,5-6H2,1-2H3,(H5,11,12,13,14);3-4H,5-6H2,1-2H3,(H3,11,12)(H2,13,14);3-4H,5-6H2,1-2H3,(H5,11,12,13,14,15);2-3H,4-5H2,1H3,(H6,10,11,12,13,14). The zero-order valence-corrected chi connectivity index (χ0v) is 95.9. The minimum Gasteiger partial charge on any atom is -0.370 e. The summed E-state index contributed by atoms with van der Waals surface area (Å²) < 4.78 is 0. The number of aryl methyl sites for hydroxylation is 9. The monoisotopic (exact) mass is 2190 g/mol. The smallest absolute Gasteiger partial charge is 0.223 e. The summed E-state index contributed by atoms with van der Waals surface area (Å²) >= 11 is 16.0. The molecule has 45 nitrogen and oxygen atoms in total. The average molecular weight is 2200 g/mol. The zero-order valence-electron chi connectivity index (χ0n) is 88.6. The summed E-state index contributed by atoms with van der Waals surface area (Å²) in [6, 6.07) is 38.0. The molecule has 0 spiro atoms. The van der Waals surface area contributed by atoms with Gasteiger partial charge >= 0.3 is 0 Å². The molecule has 0 aliphatic carbocycles. The van der Waals surface area contributed by atoms with Gasteiger partial charge in [-0.1, -0.05) is 0 Å². The summed E-state index contributed by atoms with van der Waals surface area (Å²) in [6.45, 7) is 25.2. The lowest BCUT2D eigenvalue weighted by atomic mass is 10.3. The van der Waals surface area contributed by atoms with Crippen LogP contribution < -0.4 is 114 Å². The molecular formula is C93H159N45S9. The van der Waals surface area contributed by atoms with Crippen molar-refractivity contribution in [3.8, 4) is 0 Å². The molecule has 0 aromatic carbocycles. The van der Waals surface area contributed by atoms with E-state index in [-0.39, 0.29) is 77.5 Å². The highest BCUT2D eigenvalue weighted by Gasteiger charge is 2.15. The summed E-state index contributed by atoms with van der Waals surface area (Å²) in [7, 11) is 20.8. The maximum Gasteiger partial charge on any atom is 0.223 e. The van der Waals surface area contributed by atoms with Crippen molar-refractivity contribution in [1.82, 2.24) is 44.9 Å². The lowest BCUT2D eigenvalue weighted by Gasteiger charge is -2.26. The largest absolute Gasteiger partial charge is 0.370 e. The van der Waals surface area contributed by atoms with Gasteiger partial charge in [0.05, 0.1) is 0 Å². The van der Waals surface area contributed by atoms with E-state index in [2.05, 4.69) is 252 Å².